The van der Waals surface area contributed by atoms with E-state index >= 15 is 0 Å². The fraction of sp³-hybridized carbons (Fsp3) is 0.125. The van der Waals surface area contributed by atoms with Crippen LogP contribution in [0.4, 0.5) is 14.5 Å². The zero-order chi connectivity index (χ0) is 18.7. The van der Waals surface area contributed by atoms with E-state index in [1.807, 2.05) is 0 Å². The number of hydrogen-bond donors (Lipinski definition) is 0. The quantitative estimate of drug-likeness (QED) is 0.411. The molecule has 0 amide bonds. The lowest BCUT2D eigenvalue weighted by molar-refractivity contribution is -0.139. The molecule has 2 rings (SSSR count). The molecule has 0 saturated carbocycles. The Morgan fingerprint density at radius 2 is 1.80 bits per heavy atom. The van der Waals surface area contributed by atoms with Crippen molar-refractivity contribution in [3.8, 4) is 0 Å². The molecule has 0 radical (unpaired) electrons. The molecule has 1 aliphatic heterocycles. The van der Waals surface area contributed by atoms with Gasteiger partial charge in [0.2, 0.25) is 0 Å². The topological polar surface area (TPSA) is 55.8 Å². The molecule has 0 N–H and O–H groups in total. The minimum absolute atomic E-state index is 0.0635. The SMILES string of the molecule is COC(=O)C1=C(C(=O)OC)N(c2c(Br)cc(F)c(F)c2Cl)C=CC=C1. The summed E-state index contributed by atoms with van der Waals surface area (Å²) in [6.45, 7) is 0. The van der Waals surface area contributed by atoms with Gasteiger partial charge in [0.1, 0.15) is 10.7 Å². The summed E-state index contributed by atoms with van der Waals surface area (Å²) in [5.74, 6) is -4.19. The van der Waals surface area contributed by atoms with Crippen molar-refractivity contribution in [2.24, 2.45) is 0 Å². The lowest BCUT2D eigenvalue weighted by Crippen LogP contribution is -2.27. The summed E-state index contributed by atoms with van der Waals surface area (Å²) in [7, 11) is 2.25. The number of halogens is 4. The molecule has 1 aromatic rings. The summed E-state index contributed by atoms with van der Waals surface area (Å²) in [6, 6.07) is 0.857. The average molecular weight is 435 g/mol. The van der Waals surface area contributed by atoms with Crippen LogP contribution in [0.1, 0.15) is 0 Å². The van der Waals surface area contributed by atoms with Gasteiger partial charge in [-0.3, -0.25) is 0 Å². The van der Waals surface area contributed by atoms with Crippen LogP contribution in [0, 0.1) is 11.6 Å². The molecule has 9 heteroatoms. The number of carbonyl (C=O) groups excluding carboxylic acids is 2. The van der Waals surface area contributed by atoms with Crippen molar-refractivity contribution in [1.82, 2.24) is 0 Å². The number of ether oxygens (including phenoxy) is 2. The van der Waals surface area contributed by atoms with E-state index in [-0.39, 0.29) is 21.4 Å². The van der Waals surface area contributed by atoms with E-state index in [1.165, 1.54) is 24.4 Å². The molecule has 132 valence electrons. The first-order valence-electron chi connectivity index (χ1n) is 6.71. The monoisotopic (exact) mass is 433 g/mol. The van der Waals surface area contributed by atoms with E-state index in [9.17, 15) is 18.4 Å². The Bertz CT molecular complexity index is 836. The largest absolute Gasteiger partial charge is 0.465 e. The maximum atomic E-state index is 13.9. The van der Waals surface area contributed by atoms with Gasteiger partial charge in [-0.15, -0.1) is 0 Å². The zero-order valence-corrected chi connectivity index (χ0v) is 15.3. The van der Waals surface area contributed by atoms with E-state index in [2.05, 4.69) is 20.7 Å². The molecule has 1 heterocycles. The minimum atomic E-state index is -1.30. The van der Waals surface area contributed by atoms with Crippen molar-refractivity contribution in [3.05, 3.63) is 62.9 Å². The normalized spacial score (nSPS) is 13.8. The maximum Gasteiger partial charge on any atom is 0.355 e. The molecular formula is C16H11BrClF2NO4. The third-order valence-electron chi connectivity index (χ3n) is 3.22. The smallest absolute Gasteiger partial charge is 0.355 e. The van der Waals surface area contributed by atoms with Gasteiger partial charge >= 0.3 is 11.9 Å². The standard InChI is InChI=1S/C16H11BrClF2NO4/c1-24-15(22)8-5-3-4-6-21(13(8)16(23)25-2)14-9(17)7-10(19)12(20)11(14)18/h3-7H,1-2H3. The fourth-order valence-corrected chi connectivity index (χ4v) is 3.10. The van der Waals surface area contributed by atoms with Gasteiger partial charge in [0.15, 0.2) is 11.6 Å². The van der Waals surface area contributed by atoms with Crippen LogP contribution in [0.2, 0.25) is 5.02 Å². The number of anilines is 1. The van der Waals surface area contributed by atoms with Crippen LogP contribution in [0.5, 0.6) is 0 Å². The Morgan fingerprint density at radius 1 is 1.16 bits per heavy atom. The van der Waals surface area contributed by atoms with Gasteiger partial charge in [-0.2, -0.15) is 0 Å². The molecular weight excluding hydrogens is 424 g/mol. The predicted octanol–water partition coefficient (Wildman–Crippen LogP) is 3.87. The van der Waals surface area contributed by atoms with Gasteiger partial charge < -0.3 is 14.4 Å². The highest BCUT2D eigenvalue weighted by molar-refractivity contribution is 9.10. The Balaban J connectivity index is 2.81. The molecule has 0 saturated heterocycles. The van der Waals surface area contributed by atoms with Crippen molar-refractivity contribution < 1.29 is 27.8 Å². The second kappa shape index (κ2) is 7.79. The van der Waals surface area contributed by atoms with E-state index < -0.39 is 28.6 Å². The number of nitrogens with zero attached hydrogens (tertiary/aromatic N) is 1. The molecule has 1 aliphatic rings. The van der Waals surface area contributed by atoms with Crippen LogP contribution in [0.15, 0.2) is 46.2 Å². The van der Waals surface area contributed by atoms with Crippen LogP contribution in [0.25, 0.3) is 0 Å². The molecule has 0 spiro atoms. The summed E-state index contributed by atoms with van der Waals surface area (Å²) in [4.78, 5) is 25.4. The summed E-state index contributed by atoms with van der Waals surface area (Å²) in [6.07, 6.45) is 5.62. The van der Waals surface area contributed by atoms with Crippen molar-refractivity contribution in [2.45, 2.75) is 0 Å². The fourth-order valence-electron chi connectivity index (χ4n) is 2.11. The van der Waals surface area contributed by atoms with E-state index in [0.717, 1.165) is 25.2 Å². The Labute approximate surface area is 155 Å². The highest BCUT2D eigenvalue weighted by atomic mass is 79.9. The summed E-state index contributed by atoms with van der Waals surface area (Å²) < 4.78 is 36.9. The van der Waals surface area contributed by atoms with Gasteiger partial charge in [0.25, 0.3) is 0 Å². The molecule has 1 aromatic carbocycles. The molecule has 0 aliphatic carbocycles. The van der Waals surface area contributed by atoms with Crippen LogP contribution < -0.4 is 4.90 Å². The van der Waals surface area contributed by atoms with Crippen molar-refractivity contribution >= 4 is 45.2 Å². The zero-order valence-electron chi connectivity index (χ0n) is 13.0. The van der Waals surface area contributed by atoms with Gasteiger partial charge in [0, 0.05) is 10.7 Å². The Morgan fingerprint density at radius 3 is 2.40 bits per heavy atom. The van der Waals surface area contributed by atoms with Crippen molar-refractivity contribution in [2.75, 3.05) is 19.1 Å². The summed E-state index contributed by atoms with van der Waals surface area (Å²) in [5, 5.41) is -0.580. The highest BCUT2D eigenvalue weighted by Gasteiger charge is 2.31. The Kier molecular flexibility index (Phi) is 5.97. The van der Waals surface area contributed by atoms with E-state index in [0.29, 0.717) is 0 Å². The number of rotatable bonds is 3. The number of benzene rings is 1. The second-order valence-electron chi connectivity index (χ2n) is 4.63. The first kappa shape index (κ1) is 19.1. The summed E-state index contributed by atoms with van der Waals surface area (Å²) in [5.41, 5.74) is -0.498. The summed E-state index contributed by atoms with van der Waals surface area (Å²) >= 11 is 9.02. The average Bonchev–Trinajstić information content (AvgIpc) is 2.81. The first-order valence-corrected chi connectivity index (χ1v) is 7.88. The van der Waals surface area contributed by atoms with Crippen LogP contribution in [-0.2, 0) is 19.1 Å². The van der Waals surface area contributed by atoms with Crippen LogP contribution in [0.3, 0.4) is 0 Å². The molecule has 0 bridgehead atoms. The first-order chi connectivity index (χ1) is 11.8. The van der Waals surface area contributed by atoms with E-state index in [4.69, 9.17) is 16.3 Å². The number of hydrogen-bond acceptors (Lipinski definition) is 5. The molecule has 0 aromatic heterocycles. The van der Waals surface area contributed by atoms with Crippen molar-refractivity contribution in [3.63, 3.8) is 0 Å². The Hall–Kier alpha value is -2.19. The molecule has 25 heavy (non-hydrogen) atoms. The van der Waals surface area contributed by atoms with Gasteiger partial charge in [-0.1, -0.05) is 17.7 Å². The number of methoxy groups -OCH3 is 2. The lowest BCUT2D eigenvalue weighted by atomic mass is 10.1. The highest BCUT2D eigenvalue weighted by Crippen LogP contribution is 2.40. The predicted molar refractivity (Wildman–Crippen MR) is 90.9 cm³/mol. The number of esters is 2. The van der Waals surface area contributed by atoms with Gasteiger partial charge in [0.05, 0.1) is 25.5 Å². The second-order valence-corrected chi connectivity index (χ2v) is 5.87. The number of carbonyl (C=O) groups is 2. The maximum absolute atomic E-state index is 13.9. The molecule has 5 nitrogen and oxygen atoms in total. The third kappa shape index (κ3) is 3.59. The van der Waals surface area contributed by atoms with Crippen molar-refractivity contribution in [1.29, 1.82) is 0 Å². The van der Waals surface area contributed by atoms with Crippen LogP contribution in [-0.4, -0.2) is 26.2 Å². The molecule has 0 atom stereocenters. The van der Waals surface area contributed by atoms with E-state index in [1.54, 1.807) is 0 Å². The minimum Gasteiger partial charge on any atom is -0.465 e. The molecule has 0 fully saturated rings. The van der Waals surface area contributed by atoms with Crippen LogP contribution >= 0.6 is 27.5 Å². The lowest BCUT2D eigenvalue weighted by Gasteiger charge is -2.25. The number of allylic oxidation sites excluding steroid dienone is 2. The molecule has 0 unspecified atom stereocenters. The third-order valence-corrected chi connectivity index (χ3v) is 4.17. The van der Waals surface area contributed by atoms with Gasteiger partial charge in [-0.25, -0.2) is 18.4 Å². The van der Waals surface area contributed by atoms with Gasteiger partial charge in [-0.05, 0) is 34.1 Å².